The third kappa shape index (κ3) is 4.63. The Morgan fingerprint density at radius 2 is 1.90 bits per heavy atom. The molecule has 2 aliphatic rings. The fourth-order valence-corrected chi connectivity index (χ4v) is 3.79. The minimum Gasteiger partial charge on any atom is -0.505 e. The molecule has 0 unspecified atom stereocenters. The van der Waals surface area contributed by atoms with Crippen LogP contribution in [0.15, 0.2) is 54.2 Å². The van der Waals surface area contributed by atoms with Crippen molar-refractivity contribution < 1.29 is 14.6 Å². The number of aromatic hydroxyl groups is 1. The molecule has 0 atom stereocenters. The van der Waals surface area contributed by atoms with E-state index >= 15 is 0 Å². The van der Waals surface area contributed by atoms with Crippen molar-refractivity contribution in [3.63, 3.8) is 0 Å². The van der Waals surface area contributed by atoms with E-state index in [4.69, 9.17) is 16.3 Å². The van der Waals surface area contributed by atoms with Crippen LogP contribution >= 0.6 is 11.6 Å². The summed E-state index contributed by atoms with van der Waals surface area (Å²) in [4.78, 5) is 25.1. The normalized spacial score (nSPS) is 17.0. The van der Waals surface area contributed by atoms with Gasteiger partial charge in [0.05, 0.1) is 18.0 Å². The Bertz CT molecular complexity index is 975. The molecule has 0 bridgehead atoms. The number of ether oxygens (including phenoxy) is 1. The van der Waals surface area contributed by atoms with Crippen LogP contribution in [0, 0.1) is 0 Å². The molecule has 0 saturated carbocycles. The predicted octanol–water partition coefficient (Wildman–Crippen LogP) is 3.62. The average molecular weight is 427 g/mol. The molecular weight excluding hydrogens is 404 g/mol. The number of amides is 1. The molecule has 2 aliphatic heterocycles. The monoisotopic (exact) mass is 426 g/mol. The van der Waals surface area contributed by atoms with Crippen molar-refractivity contribution in [2.45, 2.75) is 19.3 Å². The zero-order valence-electron chi connectivity index (χ0n) is 16.5. The van der Waals surface area contributed by atoms with Crippen LogP contribution in [0.4, 0.5) is 0 Å². The van der Waals surface area contributed by atoms with Gasteiger partial charge in [-0.2, -0.15) is 0 Å². The smallest absolute Gasteiger partial charge is 0.262 e. The SMILES string of the molecule is O=C1c2ccccc2OC=C(Cl)N1CCCCN1CC=C(c2ncc(O)cn2)CC1. The first-order valence-electron chi connectivity index (χ1n) is 9.98. The second-order valence-corrected chi connectivity index (χ2v) is 7.65. The second kappa shape index (κ2) is 9.28. The third-order valence-corrected chi connectivity index (χ3v) is 5.52. The van der Waals surface area contributed by atoms with Gasteiger partial charge in [-0.3, -0.25) is 14.6 Å². The fraction of sp³-hybridized carbons (Fsp3) is 0.318. The summed E-state index contributed by atoms with van der Waals surface area (Å²) in [6, 6.07) is 7.16. The van der Waals surface area contributed by atoms with E-state index in [1.165, 1.54) is 18.7 Å². The first-order valence-corrected chi connectivity index (χ1v) is 10.4. The second-order valence-electron chi connectivity index (χ2n) is 7.26. The molecule has 2 aromatic rings. The number of fused-ring (bicyclic) bond motifs is 1. The van der Waals surface area contributed by atoms with Crippen LogP contribution in [-0.4, -0.2) is 57.0 Å². The molecule has 1 N–H and O–H groups in total. The van der Waals surface area contributed by atoms with Crippen molar-refractivity contribution in [2.24, 2.45) is 0 Å². The summed E-state index contributed by atoms with van der Waals surface area (Å²) < 4.78 is 5.52. The van der Waals surface area contributed by atoms with Gasteiger partial charge in [0.15, 0.2) is 11.6 Å². The van der Waals surface area contributed by atoms with Gasteiger partial charge in [-0.15, -0.1) is 0 Å². The zero-order valence-corrected chi connectivity index (χ0v) is 17.3. The van der Waals surface area contributed by atoms with Gasteiger partial charge >= 0.3 is 0 Å². The summed E-state index contributed by atoms with van der Waals surface area (Å²) in [5.41, 5.74) is 1.63. The van der Waals surface area contributed by atoms with Gasteiger partial charge in [-0.25, -0.2) is 9.97 Å². The molecule has 4 rings (SSSR count). The van der Waals surface area contributed by atoms with E-state index in [2.05, 4.69) is 20.9 Å². The highest BCUT2D eigenvalue weighted by atomic mass is 35.5. The number of rotatable bonds is 6. The van der Waals surface area contributed by atoms with Crippen LogP contribution in [0.5, 0.6) is 11.5 Å². The molecule has 0 spiro atoms. The number of benzene rings is 1. The fourth-order valence-electron chi connectivity index (χ4n) is 3.58. The van der Waals surface area contributed by atoms with Crippen molar-refractivity contribution >= 4 is 23.1 Å². The Kier molecular flexibility index (Phi) is 6.30. The maximum absolute atomic E-state index is 12.8. The Labute approximate surface area is 180 Å². The number of nitrogens with zero attached hydrogens (tertiary/aromatic N) is 4. The highest BCUT2D eigenvalue weighted by molar-refractivity contribution is 6.30. The van der Waals surface area contributed by atoms with Crippen molar-refractivity contribution in [3.8, 4) is 11.5 Å². The van der Waals surface area contributed by atoms with Crippen LogP contribution in [0.3, 0.4) is 0 Å². The number of para-hydroxylation sites is 1. The van der Waals surface area contributed by atoms with Crippen molar-refractivity contribution in [1.82, 2.24) is 19.8 Å². The first kappa shape index (κ1) is 20.4. The molecule has 8 heteroatoms. The van der Waals surface area contributed by atoms with Crippen LogP contribution in [0.1, 0.15) is 35.4 Å². The maximum Gasteiger partial charge on any atom is 0.262 e. The van der Waals surface area contributed by atoms with Crippen LogP contribution in [-0.2, 0) is 0 Å². The van der Waals surface area contributed by atoms with Crippen LogP contribution in [0.2, 0.25) is 0 Å². The standard InChI is InChI=1S/C22H23ClN4O3/c23-20-15-30-19-6-2-1-5-18(19)22(29)27(20)10-4-3-9-26-11-7-16(8-12-26)21-24-13-17(28)14-25-21/h1-2,5-7,13-15,28H,3-4,8-12H2. The lowest BCUT2D eigenvalue weighted by Crippen LogP contribution is -2.32. The lowest BCUT2D eigenvalue weighted by Gasteiger charge is -2.26. The average Bonchev–Trinajstić information content (AvgIpc) is 2.89. The van der Waals surface area contributed by atoms with Gasteiger partial charge in [0, 0.05) is 19.6 Å². The van der Waals surface area contributed by atoms with Crippen molar-refractivity contribution in [1.29, 1.82) is 0 Å². The van der Waals surface area contributed by atoms with E-state index in [0.717, 1.165) is 44.5 Å². The summed E-state index contributed by atoms with van der Waals surface area (Å²) in [6.45, 7) is 3.25. The number of unbranched alkanes of at least 4 members (excludes halogenated alkanes) is 1. The predicted molar refractivity (Wildman–Crippen MR) is 114 cm³/mol. The molecule has 7 nitrogen and oxygen atoms in total. The quantitative estimate of drug-likeness (QED) is 0.561. The van der Waals surface area contributed by atoms with Crippen LogP contribution in [0.25, 0.3) is 5.57 Å². The topological polar surface area (TPSA) is 78.8 Å². The lowest BCUT2D eigenvalue weighted by molar-refractivity contribution is 0.0814. The Hall–Kier alpha value is -2.90. The highest BCUT2D eigenvalue weighted by Crippen LogP contribution is 2.27. The molecule has 156 valence electrons. The number of aromatic nitrogens is 2. The van der Waals surface area contributed by atoms with Crippen molar-refractivity contribution in [3.05, 3.63) is 65.5 Å². The van der Waals surface area contributed by atoms with E-state index < -0.39 is 0 Å². The summed E-state index contributed by atoms with van der Waals surface area (Å²) in [6.07, 6.45) is 9.07. The third-order valence-electron chi connectivity index (χ3n) is 5.23. The molecule has 1 aromatic heterocycles. The summed E-state index contributed by atoms with van der Waals surface area (Å²) in [5.74, 6) is 1.14. The minimum atomic E-state index is -0.135. The van der Waals surface area contributed by atoms with E-state index in [0.29, 0.717) is 28.8 Å². The van der Waals surface area contributed by atoms with E-state index in [1.807, 2.05) is 12.1 Å². The number of hydrogen-bond donors (Lipinski definition) is 1. The van der Waals surface area contributed by atoms with Crippen LogP contribution < -0.4 is 4.74 Å². The van der Waals surface area contributed by atoms with E-state index in [1.54, 1.807) is 17.0 Å². The summed E-state index contributed by atoms with van der Waals surface area (Å²) in [5, 5.41) is 9.61. The summed E-state index contributed by atoms with van der Waals surface area (Å²) >= 11 is 6.28. The molecule has 0 aliphatic carbocycles. The summed E-state index contributed by atoms with van der Waals surface area (Å²) in [7, 11) is 0. The highest BCUT2D eigenvalue weighted by Gasteiger charge is 2.25. The van der Waals surface area contributed by atoms with Gasteiger partial charge in [0.1, 0.15) is 17.2 Å². The number of carbonyl (C=O) groups excluding carboxylic acids is 1. The van der Waals surface area contributed by atoms with E-state index in [9.17, 15) is 9.90 Å². The first-order chi connectivity index (χ1) is 14.6. The largest absolute Gasteiger partial charge is 0.505 e. The Morgan fingerprint density at radius 3 is 2.67 bits per heavy atom. The number of hydrogen-bond acceptors (Lipinski definition) is 6. The van der Waals surface area contributed by atoms with E-state index in [-0.39, 0.29) is 11.7 Å². The molecular formula is C22H23ClN4O3. The van der Waals surface area contributed by atoms with Gasteiger partial charge in [-0.1, -0.05) is 29.8 Å². The molecule has 0 fully saturated rings. The molecule has 30 heavy (non-hydrogen) atoms. The molecule has 3 heterocycles. The lowest BCUT2D eigenvalue weighted by atomic mass is 10.1. The van der Waals surface area contributed by atoms with Gasteiger partial charge < -0.3 is 9.84 Å². The van der Waals surface area contributed by atoms with Gasteiger partial charge in [0.2, 0.25) is 0 Å². The Morgan fingerprint density at radius 1 is 1.13 bits per heavy atom. The number of halogens is 1. The maximum atomic E-state index is 12.8. The molecule has 0 saturated heterocycles. The van der Waals surface area contributed by atoms with Gasteiger partial charge in [0.25, 0.3) is 5.91 Å². The molecule has 1 aromatic carbocycles. The zero-order chi connectivity index (χ0) is 20.9. The number of carbonyl (C=O) groups is 1. The van der Waals surface area contributed by atoms with Crippen molar-refractivity contribution in [2.75, 3.05) is 26.2 Å². The Balaban J connectivity index is 1.26. The molecule has 1 amide bonds. The van der Waals surface area contributed by atoms with Gasteiger partial charge in [-0.05, 0) is 43.5 Å². The minimum absolute atomic E-state index is 0.0738. The molecule has 0 radical (unpaired) electrons.